The van der Waals surface area contributed by atoms with Crippen molar-refractivity contribution >= 4 is 13.8 Å². The minimum atomic E-state index is -4.53. The molecule has 0 saturated carbocycles. The molecule has 0 saturated heterocycles. The molecule has 8 nitrogen and oxygen atoms in total. The molecule has 338 valence electrons. The zero-order valence-corrected chi connectivity index (χ0v) is 39.2. The maximum atomic E-state index is 12.7. The van der Waals surface area contributed by atoms with Gasteiger partial charge in [0, 0.05) is 13.0 Å². The lowest BCUT2D eigenvalue weighted by Crippen LogP contribution is -2.37. The van der Waals surface area contributed by atoms with Gasteiger partial charge in [-0.3, -0.25) is 9.36 Å². The molecule has 2 unspecified atom stereocenters. The first kappa shape index (κ1) is 56.0. The van der Waals surface area contributed by atoms with E-state index in [0.717, 1.165) is 57.8 Å². The molecule has 0 bridgehead atoms. The van der Waals surface area contributed by atoms with Crippen molar-refractivity contribution in [3.05, 3.63) is 24.3 Å². The average molecular weight is 828 g/mol. The third-order valence-corrected chi connectivity index (χ3v) is 11.5. The summed E-state index contributed by atoms with van der Waals surface area (Å²) in [4.78, 5) is 25.1. The van der Waals surface area contributed by atoms with Gasteiger partial charge in [0.2, 0.25) is 0 Å². The molecule has 0 aliphatic heterocycles. The van der Waals surface area contributed by atoms with Gasteiger partial charge in [-0.25, -0.2) is 0 Å². The van der Waals surface area contributed by atoms with Crippen LogP contribution in [0.3, 0.4) is 0 Å². The first-order chi connectivity index (χ1) is 27.6. The molecule has 0 aliphatic carbocycles. The number of unbranched alkanes of at least 4 members (excludes halogenated alkanes) is 27. The number of hydrogen-bond donors (Lipinski definition) is 0. The van der Waals surface area contributed by atoms with Gasteiger partial charge >= 0.3 is 5.97 Å². The Labute approximate surface area is 353 Å². The number of hydrogen-bond acceptors (Lipinski definition) is 7. The predicted octanol–water partition coefficient (Wildman–Crippen LogP) is 13.8. The Morgan fingerprint density at radius 3 is 1.46 bits per heavy atom. The molecule has 0 aromatic rings. The summed E-state index contributed by atoms with van der Waals surface area (Å²) in [5, 5.41) is 0. The van der Waals surface area contributed by atoms with Crippen LogP contribution in [0, 0.1) is 0 Å². The number of quaternary nitrogens is 1. The average Bonchev–Trinajstić information content (AvgIpc) is 3.16. The van der Waals surface area contributed by atoms with Crippen LogP contribution in [0.25, 0.3) is 0 Å². The highest BCUT2D eigenvalue weighted by atomic mass is 31.2. The number of carbonyl (C=O) groups is 1. The molecule has 9 heteroatoms. The standard InChI is InChI=1S/C48H94NO7P/c1-6-8-10-12-14-16-18-20-22-23-24-25-26-28-30-32-34-36-38-40-43-53-45-47(46-55-57(51,52)54-44-42-49(3,4)5)56-48(50)41-39-37-35-33-31-29-27-21-19-17-15-13-11-9-7-2/h15,17,21,27,47H,6-14,16,18-20,22-26,28-46H2,1-5H3/b17-15-,27-21-. The summed E-state index contributed by atoms with van der Waals surface area (Å²) in [5.74, 6) is -0.344. The Kier molecular flexibility index (Phi) is 41.0. The number of ether oxygens (including phenoxy) is 2. The van der Waals surface area contributed by atoms with E-state index in [1.165, 1.54) is 141 Å². The van der Waals surface area contributed by atoms with Gasteiger partial charge in [0.05, 0.1) is 34.4 Å². The van der Waals surface area contributed by atoms with E-state index in [0.29, 0.717) is 24.1 Å². The summed E-state index contributed by atoms with van der Waals surface area (Å²) >= 11 is 0. The zero-order chi connectivity index (χ0) is 42.0. The first-order valence-corrected chi connectivity index (χ1v) is 25.5. The molecule has 2 atom stereocenters. The normalized spacial score (nSPS) is 13.9. The lowest BCUT2D eigenvalue weighted by Gasteiger charge is -2.28. The molecule has 57 heavy (non-hydrogen) atoms. The Morgan fingerprint density at radius 1 is 0.544 bits per heavy atom. The van der Waals surface area contributed by atoms with Crippen molar-refractivity contribution in [3.63, 3.8) is 0 Å². The molecule has 0 fully saturated rings. The van der Waals surface area contributed by atoms with Crippen LogP contribution in [0.4, 0.5) is 0 Å². The summed E-state index contributed by atoms with van der Waals surface area (Å²) in [6, 6.07) is 0. The third-order valence-electron chi connectivity index (χ3n) is 10.5. The van der Waals surface area contributed by atoms with E-state index < -0.39 is 13.9 Å². The van der Waals surface area contributed by atoms with Gasteiger partial charge in [0.25, 0.3) is 7.82 Å². The van der Waals surface area contributed by atoms with Crippen molar-refractivity contribution in [2.75, 3.05) is 54.1 Å². The molecule has 0 aromatic carbocycles. The number of nitrogens with zero attached hydrogens (tertiary/aromatic N) is 1. The van der Waals surface area contributed by atoms with E-state index in [9.17, 15) is 14.3 Å². The second kappa shape index (κ2) is 41.7. The van der Waals surface area contributed by atoms with Gasteiger partial charge < -0.3 is 27.9 Å². The number of allylic oxidation sites excluding steroid dienone is 4. The summed E-state index contributed by atoms with van der Waals surface area (Å²) < 4.78 is 34.7. The second-order valence-electron chi connectivity index (χ2n) is 17.5. The van der Waals surface area contributed by atoms with Gasteiger partial charge in [-0.15, -0.1) is 0 Å². The van der Waals surface area contributed by atoms with Crippen LogP contribution in [-0.4, -0.2) is 70.7 Å². The monoisotopic (exact) mass is 828 g/mol. The fourth-order valence-corrected chi connectivity index (χ4v) is 7.48. The van der Waals surface area contributed by atoms with Crippen molar-refractivity contribution < 1.29 is 37.3 Å². The molecular formula is C48H94NO7P. The number of carbonyl (C=O) groups excluding carboxylic acids is 1. The van der Waals surface area contributed by atoms with E-state index in [1.807, 2.05) is 21.1 Å². The van der Waals surface area contributed by atoms with Gasteiger partial charge in [-0.05, 0) is 44.9 Å². The quantitative estimate of drug-likeness (QED) is 0.0198. The number of likely N-dealkylation sites (N-methyl/N-ethyl adjacent to an activating group) is 1. The Hall–Kier alpha value is -1.02. The lowest BCUT2D eigenvalue weighted by atomic mass is 10.0. The maximum Gasteiger partial charge on any atom is 0.306 e. The van der Waals surface area contributed by atoms with Gasteiger partial charge in [-0.1, -0.05) is 192 Å². The highest BCUT2D eigenvalue weighted by molar-refractivity contribution is 7.45. The van der Waals surface area contributed by atoms with Crippen LogP contribution in [0.1, 0.15) is 219 Å². The molecule has 0 aliphatic rings. The van der Waals surface area contributed by atoms with E-state index in [-0.39, 0.29) is 25.8 Å². The molecule has 0 spiro atoms. The number of esters is 1. The summed E-state index contributed by atoms with van der Waals surface area (Å²) in [6.07, 6.45) is 47.6. The molecule has 0 radical (unpaired) electrons. The van der Waals surface area contributed by atoms with Gasteiger partial charge in [0.15, 0.2) is 0 Å². The largest absolute Gasteiger partial charge is 0.756 e. The lowest BCUT2D eigenvalue weighted by molar-refractivity contribution is -0.870. The van der Waals surface area contributed by atoms with Crippen molar-refractivity contribution in [2.45, 2.75) is 225 Å². The summed E-state index contributed by atoms with van der Waals surface area (Å²) in [5.41, 5.74) is 0. The number of phosphoric ester groups is 1. The second-order valence-corrected chi connectivity index (χ2v) is 18.9. The van der Waals surface area contributed by atoms with Crippen LogP contribution in [0.5, 0.6) is 0 Å². The number of rotatable bonds is 45. The van der Waals surface area contributed by atoms with Crippen LogP contribution < -0.4 is 4.89 Å². The molecule has 0 rings (SSSR count). The zero-order valence-electron chi connectivity index (χ0n) is 38.3. The highest BCUT2D eigenvalue weighted by Crippen LogP contribution is 2.38. The predicted molar refractivity (Wildman–Crippen MR) is 240 cm³/mol. The van der Waals surface area contributed by atoms with Crippen LogP contribution >= 0.6 is 7.82 Å². The fourth-order valence-electron chi connectivity index (χ4n) is 6.75. The fraction of sp³-hybridized carbons (Fsp3) is 0.896. The van der Waals surface area contributed by atoms with E-state index >= 15 is 0 Å². The smallest absolute Gasteiger partial charge is 0.306 e. The Balaban J connectivity index is 4.15. The molecule has 0 amide bonds. The topological polar surface area (TPSA) is 94.1 Å². The molecule has 0 heterocycles. The maximum absolute atomic E-state index is 12.7. The van der Waals surface area contributed by atoms with Crippen molar-refractivity contribution in [3.8, 4) is 0 Å². The Morgan fingerprint density at radius 2 is 0.965 bits per heavy atom. The Bertz CT molecular complexity index is 967. The van der Waals surface area contributed by atoms with Gasteiger partial charge in [-0.2, -0.15) is 0 Å². The van der Waals surface area contributed by atoms with E-state index in [2.05, 4.69) is 38.2 Å². The summed E-state index contributed by atoms with van der Waals surface area (Å²) in [6.45, 7) is 5.41. The van der Waals surface area contributed by atoms with Gasteiger partial charge in [0.1, 0.15) is 19.3 Å². The minimum Gasteiger partial charge on any atom is -0.756 e. The highest BCUT2D eigenvalue weighted by Gasteiger charge is 2.20. The minimum absolute atomic E-state index is 0.0253. The van der Waals surface area contributed by atoms with Crippen LogP contribution in [0.2, 0.25) is 0 Å². The molecule has 0 aromatic heterocycles. The van der Waals surface area contributed by atoms with E-state index in [1.54, 1.807) is 0 Å². The van der Waals surface area contributed by atoms with Crippen molar-refractivity contribution in [1.29, 1.82) is 0 Å². The number of phosphoric acid groups is 1. The van der Waals surface area contributed by atoms with E-state index in [4.69, 9.17) is 18.5 Å². The van der Waals surface area contributed by atoms with Crippen molar-refractivity contribution in [1.82, 2.24) is 0 Å². The van der Waals surface area contributed by atoms with Crippen LogP contribution in [0.15, 0.2) is 24.3 Å². The van der Waals surface area contributed by atoms with Crippen LogP contribution in [-0.2, 0) is 27.9 Å². The first-order valence-electron chi connectivity index (χ1n) is 24.1. The molecule has 0 N–H and O–H groups in total. The SMILES string of the molecule is CCCCC/C=C\C/C=C\CCCCCCCC(=O)OC(COCCCCCCCCCCCCCCCCCCCCCC)COP(=O)([O-])OCC[N+](C)(C)C. The van der Waals surface area contributed by atoms with Crippen molar-refractivity contribution in [2.24, 2.45) is 0 Å². The third kappa shape index (κ3) is 45.9. The summed E-state index contributed by atoms with van der Waals surface area (Å²) in [7, 11) is 1.36. The molecular weight excluding hydrogens is 734 g/mol.